The Bertz CT molecular complexity index is 1170. The number of thiophene rings is 1. The number of carbonyl (C=O) groups is 2. The Morgan fingerprint density at radius 3 is 2.71 bits per heavy atom. The van der Waals surface area contributed by atoms with E-state index in [1.165, 1.54) is 18.7 Å². The van der Waals surface area contributed by atoms with Gasteiger partial charge in [-0.2, -0.15) is 4.98 Å². The summed E-state index contributed by atoms with van der Waals surface area (Å²) in [6.07, 6.45) is 2.71. The van der Waals surface area contributed by atoms with Crippen molar-refractivity contribution in [1.29, 1.82) is 0 Å². The van der Waals surface area contributed by atoms with Crippen LogP contribution in [0, 0.1) is 0 Å². The highest BCUT2D eigenvalue weighted by Crippen LogP contribution is 2.30. The normalized spacial score (nSPS) is 12.4. The fourth-order valence-corrected chi connectivity index (χ4v) is 5.21. The summed E-state index contributed by atoms with van der Waals surface area (Å²) in [7, 11) is 0. The zero-order valence-corrected chi connectivity index (χ0v) is 18.6. The van der Waals surface area contributed by atoms with Gasteiger partial charge in [-0.05, 0) is 48.9 Å². The first-order valence-electron chi connectivity index (χ1n) is 9.95. The number of hydrogen-bond acceptors (Lipinski definition) is 6. The second-order valence-corrected chi connectivity index (χ2v) is 9.24. The zero-order valence-electron chi connectivity index (χ0n) is 17.0. The molecule has 2 heterocycles. The Balaban J connectivity index is 1.45. The van der Waals surface area contributed by atoms with Crippen molar-refractivity contribution in [2.75, 3.05) is 16.4 Å². The minimum Gasteiger partial charge on any atom is -0.326 e. The molecule has 2 amide bonds. The summed E-state index contributed by atoms with van der Waals surface area (Å²) in [4.78, 5) is 41.8. The molecular weight excluding hydrogens is 432 g/mol. The van der Waals surface area contributed by atoms with Crippen LogP contribution in [0.15, 0.2) is 51.6 Å². The minimum atomic E-state index is -0.264. The monoisotopic (exact) mass is 454 g/mol. The van der Waals surface area contributed by atoms with Crippen molar-refractivity contribution in [2.24, 2.45) is 0 Å². The molecule has 0 atom stereocenters. The van der Waals surface area contributed by atoms with E-state index in [1.54, 1.807) is 40.2 Å². The maximum Gasteiger partial charge on any atom is 0.349 e. The molecule has 7 nitrogen and oxygen atoms in total. The highest BCUT2D eigenvalue weighted by molar-refractivity contribution is 8.00. The van der Waals surface area contributed by atoms with Gasteiger partial charge in [0.15, 0.2) is 0 Å². The number of rotatable bonds is 7. The Kier molecular flexibility index (Phi) is 6.53. The molecule has 0 saturated heterocycles. The third-order valence-electron chi connectivity index (χ3n) is 4.90. The minimum absolute atomic E-state index is 0.151. The number of anilines is 2. The molecule has 0 unspecified atom stereocenters. The number of fused-ring (bicyclic) bond motifs is 1. The Morgan fingerprint density at radius 2 is 1.97 bits per heavy atom. The van der Waals surface area contributed by atoms with Crippen LogP contribution in [0.1, 0.15) is 29.5 Å². The van der Waals surface area contributed by atoms with Gasteiger partial charge >= 0.3 is 5.69 Å². The number of nitrogens with zero attached hydrogens (tertiary/aromatic N) is 2. The van der Waals surface area contributed by atoms with Gasteiger partial charge < -0.3 is 10.6 Å². The second kappa shape index (κ2) is 9.49. The van der Waals surface area contributed by atoms with Crippen LogP contribution in [0.5, 0.6) is 0 Å². The van der Waals surface area contributed by atoms with Crippen molar-refractivity contribution < 1.29 is 9.59 Å². The average molecular weight is 455 g/mol. The quantitative estimate of drug-likeness (QED) is 0.421. The summed E-state index contributed by atoms with van der Waals surface area (Å²) >= 11 is 2.92. The number of aromatic nitrogens is 2. The zero-order chi connectivity index (χ0) is 21.8. The van der Waals surface area contributed by atoms with Crippen molar-refractivity contribution >= 4 is 46.3 Å². The van der Waals surface area contributed by atoms with Crippen LogP contribution < -0.4 is 16.3 Å². The number of nitrogens with one attached hydrogen (secondary N) is 2. The average Bonchev–Trinajstić information content (AvgIpc) is 3.40. The molecule has 1 aromatic carbocycles. The standard InChI is InChI=1S/C22H22N4O3S2/c1-14(27)23-15-5-2-6-16(11-15)24-20(28)13-31-21-18-8-3-9-19(18)26(22(29)25-21)12-17-7-4-10-30-17/h2,4-7,10-11H,3,8-9,12-13H2,1H3,(H,23,27)(H,24,28). The van der Waals surface area contributed by atoms with Gasteiger partial charge in [-0.1, -0.05) is 23.9 Å². The molecular formula is C22H22N4O3S2. The van der Waals surface area contributed by atoms with Crippen molar-refractivity contribution in [3.63, 3.8) is 0 Å². The van der Waals surface area contributed by atoms with Gasteiger partial charge in [0.05, 0.1) is 12.3 Å². The van der Waals surface area contributed by atoms with Gasteiger partial charge in [-0.25, -0.2) is 4.79 Å². The smallest absolute Gasteiger partial charge is 0.326 e. The van der Waals surface area contributed by atoms with Crippen molar-refractivity contribution in [1.82, 2.24) is 9.55 Å². The van der Waals surface area contributed by atoms with Crippen LogP contribution in [0.3, 0.4) is 0 Å². The van der Waals surface area contributed by atoms with E-state index in [4.69, 9.17) is 0 Å². The Morgan fingerprint density at radius 1 is 1.16 bits per heavy atom. The van der Waals surface area contributed by atoms with Gasteiger partial charge in [0.1, 0.15) is 5.03 Å². The third kappa shape index (κ3) is 5.23. The van der Waals surface area contributed by atoms with E-state index in [2.05, 4.69) is 15.6 Å². The molecule has 3 aromatic rings. The number of benzene rings is 1. The molecule has 1 aliphatic carbocycles. The van der Waals surface area contributed by atoms with E-state index in [-0.39, 0.29) is 23.3 Å². The molecule has 0 radical (unpaired) electrons. The summed E-state index contributed by atoms with van der Waals surface area (Å²) in [6.45, 7) is 1.98. The van der Waals surface area contributed by atoms with Gasteiger partial charge in [0, 0.05) is 34.4 Å². The maximum atomic E-state index is 12.7. The van der Waals surface area contributed by atoms with Gasteiger partial charge in [-0.15, -0.1) is 11.3 Å². The first-order valence-corrected chi connectivity index (χ1v) is 11.8. The predicted molar refractivity (Wildman–Crippen MR) is 124 cm³/mol. The Hall–Kier alpha value is -2.91. The molecule has 0 spiro atoms. The van der Waals surface area contributed by atoms with Gasteiger partial charge in [-0.3, -0.25) is 14.2 Å². The summed E-state index contributed by atoms with van der Waals surface area (Å²) < 4.78 is 1.77. The molecule has 2 aromatic heterocycles. The molecule has 160 valence electrons. The van der Waals surface area contributed by atoms with Crippen LogP contribution in [-0.2, 0) is 29.0 Å². The highest BCUT2D eigenvalue weighted by Gasteiger charge is 2.22. The molecule has 0 bridgehead atoms. The molecule has 9 heteroatoms. The van der Waals surface area contributed by atoms with E-state index in [0.717, 1.165) is 35.4 Å². The summed E-state index contributed by atoms with van der Waals surface area (Å²) in [5.41, 5.74) is 3.08. The fraction of sp³-hybridized carbons (Fsp3) is 0.273. The van der Waals surface area contributed by atoms with Crippen LogP contribution in [0.4, 0.5) is 11.4 Å². The largest absolute Gasteiger partial charge is 0.349 e. The van der Waals surface area contributed by atoms with E-state index >= 15 is 0 Å². The van der Waals surface area contributed by atoms with Crippen molar-refractivity contribution in [3.8, 4) is 0 Å². The van der Waals surface area contributed by atoms with Crippen LogP contribution in [0.2, 0.25) is 0 Å². The van der Waals surface area contributed by atoms with Gasteiger partial charge in [0.25, 0.3) is 0 Å². The van der Waals surface area contributed by atoms with Crippen LogP contribution in [-0.4, -0.2) is 27.1 Å². The number of thioether (sulfide) groups is 1. The molecule has 1 aliphatic rings. The number of amides is 2. The Labute approximate surface area is 187 Å². The summed E-state index contributed by atoms with van der Waals surface area (Å²) in [5, 5.41) is 8.18. The first-order chi connectivity index (χ1) is 15.0. The van der Waals surface area contributed by atoms with Crippen molar-refractivity contribution in [2.45, 2.75) is 37.8 Å². The topological polar surface area (TPSA) is 93.1 Å². The molecule has 0 aliphatic heterocycles. The number of carbonyl (C=O) groups excluding carboxylic acids is 2. The molecule has 0 saturated carbocycles. The van der Waals surface area contributed by atoms with Gasteiger partial charge in [0.2, 0.25) is 11.8 Å². The summed E-state index contributed by atoms with van der Waals surface area (Å²) in [6, 6.07) is 11.0. The maximum absolute atomic E-state index is 12.7. The summed E-state index contributed by atoms with van der Waals surface area (Å²) in [5.74, 6) is -0.216. The molecule has 0 fully saturated rings. The van der Waals surface area contributed by atoms with Crippen molar-refractivity contribution in [3.05, 3.63) is 68.4 Å². The SMILES string of the molecule is CC(=O)Nc1cccc(NC(=O)CSc2nc(=O)n(Cc3cccs3)c3c2CCC3)c1. The third-order valence-corrected chi connectivity index (χ3v) is 6.78. The van der Waals surface area contributed by atoms with Crippen LogP contribution in [0.25, 0.3) is 0 Å². The highest BCUT2D eigenvalue weighted by atomic mass is 32.2. The lowest BCUT2D eigenvalue weighted by Gasteiger charge is -2.13. The van der Waals surface area contributed by atoms with E-state index in [0.29, 0.717) is 22.9 Å². The second-order valence-electron chi connectivity index (χ2n) is 7.24. The number of hydrogen-bond donors (Lipinski definition) is 2. The van der Waals surface area contributed by atoms with E-state index < -0.39 is 0 Å². The lowest BCUT2D eigenvalue weighted by Crippen LogP contribution is -2.27. The molecule has 31 heavy (non-hydrogen) atoms. The van der Waals surface area contributed by atoms with Crippen LogP contribution >= 0.6 is 23.1 Å². The molecule has 2 N–H and O–H groups in total. The van der Waals surface area contributed by atoms with E-state index in [1.807, 2.05) is 17.5 Å². The lowest BCUT2D eigenvalue weighted by molar-refractivity contribution is -0.114. The predicted octanol–water partition coefficient (Wildman–Crippen LogP) is 3.53. The fourth-order valence-electron chi connectivity index (χ4n) is 3.64. The van der Waals surface area contributed by atoms with E-state index in [9.17, 15) is 14.4 Å². The lowest BCUT2D eigenvalue weighted by atomic mass is 10.2. The first kappa shape index (κ1) is 21.3. The molecule has 4 rings (SSSR count).